The van der Waals surface area contributed by atoms with E-state index in [1.165, 1.54) is 0 Å². The van der Waals surface area contributed by atoms with Crippen LogP contribution in [0.1, 0.15) is 20.8 Å². The van der Waals surface area contributed by atoms with Gasteiger partial charge in [0.25, 0.3) is 0 Å². The van der Waals surface area contributed by atoms with E-state index in [-0.39, 0.29) is 0 Å². The molecule has 0 spiro atoms. The molecule has 1 fully saturated rings. The number of hydrogen-bond acceptors (Lipinski definition) is 5. The molecule has 0 bridgehead atoms. The lowest BCUT2D eigenvalue weighted by Gasteiger charge is -2.22. The van der Waals surface area contributed by atoms with Crippen molar-refractivity contribution >= 4 is 0 Å². The first-order valence-electron chi connectivity index (χ1n) is 4.70. The van der Waals surface area contributed by atoms with Crippen LogP contribution in [0.25, 0.3) is 0 Å². The number of hydrogen-bond donors (Lipinski definition) is 3. The van der Waals surface area contributed by atoms with Crippen LogP contribution in [0.2, 0.25) is 0 Å². The van der Waals surface area contributed by atoms with Crippen LogP contribution in [0.5, 0.6) is 0 Å². The van der Waals surface area contributed by atoms with Gasteiger partial charge in [-0.2, -0.15) is 0 Å². The van der Waals surface area contributed by atoms with Crippen LogP contribution in [0.4, 0.5) is 0 Å². The van der Waals surface area contributed by atoms with E-state index >= 15 is 0 Å². The van der Waals surface area contributed by atoms with Crippen LogP contribution in [0, 0.1) is 0 Å². The Labute approximate surface area is 83.3 Å². The highest BCUT2D eigenvalue weighted by atomic mass is 16.8. The Hall–Kier alpha value is -0.200. The second-order valence-electron chi connectivity index (χ2n) is 4.06. The zero-order chi connectivity index (χ0) is 10.9. The molecule has 1 aliphatic heterocycles. The fourth-order valence-corrected chi connectivity index (χ4v) is 1.59. The van der Waals surface area contributed by atoms with Gasteiger partial charge >= 0.3 is 0 Å². The fraction of sp³-hybridized carbons (Fsp3) is 1.00. The molecule has 0 aromatic carbocycles. The standard InChI is InChI=1S/C9H18O5/c1-5(11)7-8(6(12)4-10)14-9(2,3)13-7/h5-8,10-12H,4H2,1-3H3/t5-,6-,7-,8-/m0/s1. The SMILES string of the molecule is C[C@H](O)[C@@H]1OC(C)(C)O[C@H]1[C@@H](O)CO. The summed E-state index contributed by atoms with van der Waals surface area (Å²) < 4.78 is 10.8. The highest BCUT2D eigenvalue weighted by molar-refractivity contribution is 4.88. The molecule has 1 rings (SSSR count). The molecule has 14 heavy (non-hydrogen) atoms. The predicted molar refractivity (Wildman–Crippen MR) is 48.6 cm³/mol. The average Bonchev–Trinajstić information content (AvgIpc) is 2.40. The Morgan fingerprint density at radius 3 is 2.14 bits per heavy atom. The van der Waals surface area contributed by atoms with Crippen molar-refractivity contribution in [2.75, 3.05) is 6.61 Å². The van der Waals surface area contributed by atoms with Gasteiger partial charge in [-0.1, -0.05) is 0 Å². The van der Waals surface area contributed by atoms with E-state index < -0.39 is 36.8 Å². The molecule has 0 radical (unpaired) electrons. The maximum Gasteiger partial charge on any atom is 0.164 e. The molecule has 84 valence electrons. The molecular weight excluding hydrogens is 188 g/mol. The summed E-state index contributed by atoms with van der Waals surface area (Å²) >= 11 is 0. The molecule has 0 unspecified atom stereocenters. The number of aliphatic hydroxyl groups excluding tert-OH is 3. The van der Waals surface area contributed by atoms with Crippen LogP contribution in [0.15, 0.2) is 0 Å². The fourth-order valence-electron chi connectivity index (χ4n) is 1.59. The van der Waals surface area contributed by atoms with Crippen LogP contribution < -0.4 is 0 Å². The molecule has 0 aromatic heterocycles. The van der Waals surface area contributed by atoms with Gasteiger partial charge in [0, 0.05) is 0 Å². The van der Waals surface area contributed by atoms with Gasteiger partial charge in [-0.3, -0.25) is 0 Å². The molecular formula is C9H18O5. The van der Waals surface area contributed by atoms with Crippen molar-refractivity contribution in [2.24, 2.45) is 0 Å². The molecule has 1 heterocycles. The molecule has 1 aliphatic rings. The van der Waals surface area contributed by atoms with Gasteiger partial charge in [0.2, 0.25) is 0 Å². The highest BCUT2D eigenvalue weighted by Crippen LogP contribution is 2.31. The number of rotatable bonds is 3. The lowest BCUT2D eigenvalue weighted by atomic mass is 10.1. The zero-order valence-electron chi connectivity index (χ0n) is 8.67. The summed E-state index contributed by atoms with van der Waals surface area (Å²) in [4.78, 5) is 0. The van der Waals surface area contributed by atoms with Gasteiger partial charge < -0.3 is 24.8 Å². The summed E-state index contributed by atoms with van der Waals surface area (Å²) in [5.41, 5.74) is 0. The minimum atomic E-state index is -1.03. The molecule has 0 saturated carbocycles. The van der Waals surface area contributed by atoms with Crippen molar-refractivity contribution in [3.8, 4) is 0 Å². The predicted octanol–water partition coefficient (Wildman–Crippen LogP) is -0.760. The Balaban J connectivity index is 2.72. The maximum atomic E-state index is 9.44. The zero-order valence-corrected chi connectivity index (χ0v) is 8.67. The van der Waals surface area contributed by atoms with Crippen molar-refractivity contribution in [1.29, 1.82) is 0 Å². The van der Waals surface area contributed by atoms with Crippen molar-refractivity contribution in [3.05, 3.63) is 0 Å². The molecule has 5 heteroatoms. The lowest BCUT2D eigenvalue weighted by Crippen LogP contribution is -2.42. The van der Waals surface area contributed by atoms with E-state index in [0.717, 1.165) is 0 Å². The van der Waals surface area contributed by atoms with Crippen molar-refractivity contribution in [2.45, 2.75) is 51.0 Å². The van der Waals surface area contributed by atoms with Crippen molar-refractivity contribution in [3.63, 3.8) is 0 Å². The van der Waals surface area contributed by atoms with Crippen molar-refractivity contribution < 1.29 is 24.8 Å². The number of aliphatic hydroxyl groups is 3. The third kappa shape index (κ3) is 2.43. The minimum Gasteiger partial charge on any atom is -0.394 e. The first-order chi connectivity index (χ1) is 6.37. The highest BCUT2D eigenvalue weighted by Gasteiger charge is 2.46. The van der Waals surface area contributed by atoms with Gasteiger partial charge in [0.1, 0.15) is 18.3 Å². The van der Waals surface area contributed by atoms with E-state index in [9.17, 15) is 10.2 Å². The molecule has 1 saturated heterocycles. The summed E-state index contributed by atoms with van der Waals surface area (Å²) in [5.74, 6) is -0.831. The van der Waals surface area contributed by atoms with Gasteiger partial charge in [0.15, 0.2) is 5.79 Å². The molecule has 3 N–H and O–H groups in total. The average molecular weight is 206 g/mol. The van der Waals surface area contributed by atoms with Gasteiger partial charge in [-0.25, -0.2) is 0 Å². The van der Waals surface area contributed by atoms with Crippen LogP contribution >= 0.6 is 0 Å². The molecule has 5 nitrogen and oxygen atoms in total. The monoisotopic (exact) mass is 206 g/mol. The first kappa shape index (κ1) is 11.9. The summed E-state index contributed by atoms with van der Waals surface area (Å²) in [5, 5.41) is 27.6. The van der Waals surface area contributed by atoms with Crippen LogP contribution in [0.3, 0.4) is 0 Å². The molecule has 0 aromatic rings. The van der Waals surface area contributed by atoms with Crippen molar-refractivity contribution in [1.82, 2.24) is 0 Å². The van der Waals surface area contributed by atoms with E-state index in [1.54, 1.807) is 20.8 Å². The summed E-state index contributed by atoms with van der Waals surface area (Å²) in [6.07, 6.45) is -3.07. The summed E-state index contributed by atoms with van der Waals surface area (Å²) in [6.45, 7) is 4.55. The maximum absolute atomic E-state index is 9.44. The Morgan fingerprint density at radius 1 is 1.21 bits per heavy atom. The smallest absolute Gasteiger partial charge is 0.164 e. The minimum absolute atomic E-state index is 0.409. The Kier molecular flexibility index (Phi) is 3.49. The Morgan fingerprint density at radius 2 is 1.71 bits per heavy atom. The largest absolute Gasteiger partial charge is 0.394 e. The summed E-state index contributed by atoms with van der Waals surface area (Å²) in [6, 6.07) is 0. The Bertz CT molecular complexity index is 192. The first-order valence-corrected chi connectivity index (χ1v) is 4.70. The second-order valence-corrected chi connectivity index (χ2v) is 4.06. The molecule has 0 aliphatic carbocycles. The molecule has 0 amide bonds. The summed E-state index contributed by atoms with van der Waals surface area (Å²) in [7, 11) is 0. The van der Waals surface area contributed by atoms with Crippen LogP contribution in [-0.2, 0) is 9.47 Å². The van der Waals surface area contributed by atoms with E-state index in [1.807, 2.05) is 0 Å². The third-order valence-electron chi connectivity index (χ3n) is 2.21. The number of ether oxygens (including phenoxy) is 2. The molecule has 4 atom stereocenters. The topological polar surface area (TPSA) is 79.2 Å². The van der Waals surface area contributed by atoms with E-state index in [4.69, 9.17) is 14.6 Å². The third-order valence-corrected chi connectivity index (χ3v) is 2.21. The van der Waals surface area contributed by atoms with Crippen LogP contribution in [-0.4, -0.2) is 52.1 Å². The van der Waals surface area contributed by atoms with E-state index in [0.29, 0.717) is 0 Å². The lowest BCUT2D eigenvalue weighted by molar-refractivity contribution is -0.161. The van der Waals surface area contributed by atoms with Gasteiger partial charge in [0.05, 0.1) is 12.7 Å². The van der Waals surface area contributed by atoms with Gasteiger partial charge in [-0.05, 0) is 20.8 Å². The second kappa shape index (κ2) is 4.12. The normalized spacial score (nSPS) is 35.6. The van der Waals surface area contributed by atoms with Gasteiger partial charge in [-0.15, -0.1) is 0 Å². The van der Waals surface area contributed by atoms with E-state index in [2.05, 4.69) is 0 Å². The quantitative estimate of drug-likeness (QED) is 0.565.